The minimum Gasteiger partial charge on any atom is -0.340 e. The van der Waals surface area contributed by atoms with Crippen LogP contribution in [0.25, 0.3) is 11.2 Å². The fourth-order valence-electron chi connectivity index (χ4n) is 1.98. The number of rotatable bonds is 3. The molecule has 0 atom stereocenters. The normalized spacial score (nSPS) is 10.8. The first kappa shape index (κ1) is 11.6. The number of anilines is 2. The lowest BCUT2D eigenvalue weighted by Gasteiger charge is -2.18. The highest BCUT2D eigenvalue weighted by atomic mass is 15.2. The summed E-state index contributed by atoms with van der Waals surface area (Å²) in [5, 5.41) is 0. The molecule has 0 aliphatic carbocycles. The fraction of sp³-hybridized carbons (Fsp3) is 0.154. The molecule has 0 unspecified atom stereocenters. The molecule has 3 aromatic rings. The first-order valence-electron chi connectivity index (χ1n) is 5.96. The van der Waals surface area contributed by atoms with Crippen LogP contribution in [-0.4, -0.2) is 27.0 Å². The maximum Gasteiger partial charge on any atom is 0.182 e. The first-order chi connectivity index (χ1) is 9.29. The molecule has 96 valence electrons. The number of imidazole rings is 1. The van der Waals surface area contributed by atoms with Crippen LogP contribution in [0, 0.1) is 0 Å². The lowest BCUT2D eigenvalue weighted by molar-refractivity contribution is 1.06. The van der Waals surface area contributed by atoms with Crippen LogP contribution in [0.3, 0.4) is 0 Å². The summed E-state index contributed by atoms with van der Waals surface area (Å²) >= 11 is 0. The third-order valence-electron chi connectivity index (χ3n) is 3.08. The van der Waals surface area contributed by atoms with Crippen molar-refractivity contribution < 1.29 is 0 Å². The first-order valence-corrected chi connectivity index (χ1v) is 5.96. The highest BCUT2D eigenvalue weighted by Crippen LogP contribution is 2.26. The molecule has 6 heteroatoms. The summed E-state index contributed by atoms with van der Waals surface area (Å²) in [5.74, 6) is 0.794. The summed E-state index contributed by atoms with van der Waals surface area (Å²) in [6.45, 7) is 0.544. The second-order valence-corrected chi connectivity index (χ2v) is 4.23. The predicted molar refractivity (Wildman–Crippen MR) is 74.1 cm³/mol. The Bertz CT molecular complexity index is 688. The molecule has 0 aliphatic heterocycles. The number of nitrogens with zero attached hydrogens (tertiary/aromatic N) is 4. The van der Waals surface area contributed by atoms with Crippen LogP contribution in [0.4, 0.5) is 11.5 Å². The topological polar surface area (TPSA) is 83.7 Å². The maximum atomic E-state index is 5.60. The van der Waals surface area contributed by atoms with Crippen LogP contribution < -0.4 is 10.6 Å². The van der Waals surface area contributed by atoms with Crippen LogP contribution in [0.1, 0.15) is 5.56 Å². The van der Waals surface area contributed by atoms with Crippen molar-refractivity contribution in [1.82, 2.24) is 19.9 Å². The van der Waals surface area contributed by atoms with E-state index in [0.29, 0.717) is 12.2 Å². The average Bonchev–Trinajstić information content (AvgIpc) is 2.95. The standard InChI is InChI=1S/C13H14N6/c1-19(10-4-2-9(6-14)3-5-10)13-11-12(16-7-15-11)17-8-18-13/h2-5,7-8H,6,14H2,1H3,(H,15,16,17,18). The predicted octanol–water partition coefficient (Wildman–Crippen LogP) is 1.58. The smallest absolute Gasteiger partial charge is 0.182 e. The number of nitrogens with one attached hydrogen (secondary N) is 1. The Hall–Kier alpha value is -2.47. The van der Waals surface area contributed by atoms with Crippen molar-refractivity contribution in [2.75, 3.05) is 11.9 Å². The van der Waals surface area contributed by atoms with Crippen molar-refractivity contribution in [3.63, 3.8) is 0 Å². The molecule has 6 nitrogen and oxygen atoms in total. The van der Waals surface area contributed by atoms with Gasteiger partial charge in [0.1, 0.15) is 11.8 Å². The van der Waals surface area contributed by atoms with Gasteiger partial charge in [0.05, 0.1) is 6.33 Å². The second kappa shape index (κ2) is 4.66. The van der Waals surface area contributed by atoms with Crippen LogP contribution >= 0.6 is 0 Å². The number of hydrogen-bond acceptors (Lipinski definition) is 5. The van der Waals surface area contributed by atoms with Gasteiger partial charge in [0, 0.05) is 19.3 Å². The van der Waals surface area contributed by atoms with E-state index < -0.39 is 0 Å². The molecule has 2 heterocycles. The summed E-state index contributed by atoms with van der Waals surface area (Å²) in [7, 11) is 1.96. The van der Waals surface area contributed by atoms with Crippen LogP contribution in [0.15, 0.2) is 36.9 Å². The van der Waals surface area contributed by atoms with Crippen LogP contribution in [0.5, 0.6) is 0 Å². The fourth-order valence-corrected chi connectivity index (χ4v) is 1.98. The summed E-state index contributed by atoms with van der Waals surface area (Å²) < 4.78 is 0. The van der Waals surface area contributed by atoms with E-state index in [4.69, 9.17) is 5.73 Å². The third-order valence-corrected chi connectivity index (χ3v) is 3.08. The van der Waals surface area contributed by atoms with Crippen molar-refractivity contribution in [1.29, 1.82) is 0 Å². The number of H-pyrrole nitrogens is 1. The maximum absolute atomic E-state index is 5.60. The molecule has 0 fully saturated rings. The summed E-state index contributed by atoms with van der Waals surface area (Å²) in [4.78, 5) is 17.6. The molecular formula is C13H14N6. The van der Waals surface area contributed by atoms with Gasteiger partial charge >= 0.3 is 0 Å². The van der Waals surface area contributed by atoms with Gasteiger partial charge in [-0.15, -0.1) is 0 Å². The van der Waals surface area contributed by atoms with Crippen molar-refractivity contribution in [2.45, 2.75) is 6.54 Å². The Kier molecular flexibility index (Phi) is 2.85. The van der Waals surface area contributed by atoms with Gasteiger partial charge in [-0.05, 0) is 17.7 Å². The van der Waals surface area contributed by atoms with E-state index in [1.807, 2.05) is 36.2 Å². The Morgan fingerprint density at radius 2 is 1.95 bits per heavy atom. The lowest BCUT2D eigenvalue weighted by atomic mass is 10.2. The Morgan fingerprint density at radius 1 is 1.16 bits per heavy atom. The Balaban J connectivity index is 2.02. The molecule has 0 saturated heterocycles. The molecule has 0 amide bonds. The molecule has 0 saturated carbocycles. The molecule has 0 spiro atoms. The van der Waals surface area contributed by atoms with Crippen molar-refractivity contribution in [3.8, 4) is 0 Å². The van der Waals surface area contributed by atoms with Gasteiger partial charge in [0.15, 0.2) is 11.5 Å². The molecule has 1 aromatic carbocycles. The average molecular weight is 254 g/mol. The highest BCUT2D eigenvalue weighted by molar-refractivity contribution is 5.85. The zero-order valence-electron chi connectivity index (χ0n) is 10.5. The lowest BCUT2D eigenvalue weighted by Crippen LogP contribution is -2.12. The highest BCUT2D eigenvalue weighted by Gasteiger charge is 2.11. The minimum absolute atomic E-state index is 0.544. The Labute approximate surface area is 110 Å². The number of benzene rings is 1. The van der Waals surface area contributed by atoms with E-state index in [1.54, 1.807) is 6.33 Å². The number of aromatic nitrogens is 4. The number of aromatic amines is 1. The molecule has 19 heavy (non-hydrogen) atoms. The van der Waals surface area contributed by atoms with Gasteiger partial charge in [-0.1, -0.05) is 12.1 Å². The minimum atomic E-state index is 0.544. The van der Waals surface area contributed by atoms with E-state index >= 15 is 0 Å². The molecular weight excluding hydrogens is 240 g/mol. The van der Waals surface area contributed by atoms with E-state index in [-0.39, 0.29) is 0 Å². The monoisotopic (exact) mass is 254 g/mol. The second-order valence-electron chi connectivity index (χ2n) is 4.23. The summed E-state index contributed by atoms with van der Waals surface area (Å²) in [6.07, 6.45) is 3.14. The summed E-state index contributed by atoms with van der Waals surface area (Å²) in [5.41, 5.74) is 9.23. The van der Waals surface area contributed by atoms with E-state index in [9.17, 15) is 0 Å². The molecule has 3 rings (SSSR count). The zero-order valence-corrected chi connectivity index (χ0v) is 10.5. The number of nitrogens with two attached hydrogens (primary N) is 1. The molecule has 0 bridgehead atoms. The summed E-state index contributed by atoms with van der Waals surface area (Å²) in [6, 6.07) is 8.06. The van der Waals surface area contributed by atoms with Gasteiger partial charge in [0.2, 0.25) is 0 Å². The SMILES string of the molecule is CN(c1ccc(CN)cc1)c1ncnc2nc[nH]c12. The van der Waals surface area contributed by atoms with Gasteiger partial charge in [-0.2, -0.15) is 0 Å². The van der Waals surface area contributed by atoms with Crippen molar-refractivity contribution in [3.05, 3.63) is 42.5 Å². The van der Waals surface area contributed by atoms with Gasteiger partial charge in [0.25, 0.3) is 0 Å². The largest absolute Gasteiger partial charge is 0.340 e. The Morgan fingerprint density at radius 3 is 2.68 bits per heavy atom. The number of fused-ring (bicyclic) bond motifs is 1. The quantitative estimate of drug-likeness (QED) is 0.741. The zero-order chi connectivity index (χ0) is 13.2. The molecule has 0 aliphatic rings. The van der Waals surface area contributed by atoms with Gasteiger partial charge in [-0.25, -0.2) is 15.0 Å². The van der Waals surface area contributed by atoms with E-state index in [0.717, 1.165) is 22.6 Å². The number of hydrogen-bond donors (Lipinski definition) is 2. The molecule has 2 aromatic heterocycles. The van der Waals surface area contributed by atoms with Crippen LogP contribution in [0.2, 0.25) is 0 Å². The molecule has 3 N–H and O–H groups in total. The van der Waals surface area contributed by atoms with Gasteiger partial charge < -0.3 is 15.6 Å². The third kappa shape index (κ3) is 2.02. The van der Waals surface area contributed by atoms with E-state index in [2.05, 4.69) is 19.9 Å². The van der Waals surface area contributed by atoms with Crippen molar-refractivity contribution >= 4 is 22.7 Å². The van der Waals surface area contributed by atoms with Gasteiger partial charge in [-0.3, -0.25) is 0 Å². The molecule has 0 radical (unpaired) electrons. The van der Waals surface area contributed by atoms with E-state index in [1.165, 1.54) is 6.33 Å². The van der Waals surface area contributed by atoms with Crippen molar-refractivity contribution in [2.24, 2.45) is 5.73 Å². The van der Waals surface area contributed by atoms with Crippen LogP contribution in [-0.2, 0) is 6.54 Å².